The van der Waals surface area contributed by atoms with Crippen LogP contribution in [-0.4, -0.2) is 21.8 Å². The van der Waals surface area contributed by atoms with Crippen LogP contribution in [0.4, 0.5) is 0 Å². The maximum absolute atomic E-state index is 9.36. The smallest absolute Gasteiger partial charge is 0.257 e. The van der Waals surface area contributed by atoms with Crippen LogP contribution in [0.25, 0.3) is 11.4 Å². The van der Waals surface area contributed by atoms with Gasteiger partial charge in [0.1, 0.15) is 11.9 Å². The molecule has 0 aliphatic rings. The minimum atomic E-state index is -0.918. The van der Waals surface area contributed by atoms with Crippen molar-refractivity contribution in [3.63, 3.8) is 0 Å². The van der Waals surface area contributed by atoms with Crippen LogP contribution in [0.15, 0.2) is 21.3 Å². The summed E-state index contributed by atoms with van der Waals surface area (Å²) in [7, 11) is 0. The van der Waals surface area contributed by atoms with Crippen molar-refractivity contribution < 1.29 is 14.0 Å². The van der Waals surface area contributed by atoms with Crippen LogP contribution in [0, 0.1) is 6.92 Å². The number of hydrogen-bond acceptors (Lipinski definition) is 6. The highest BCUT2D eigenvalue weighted by atomic mass is 16.5. The molecule has 0 bridgehead atoms. The molecule has 2 aromatic heterocycles. The molecular weight excluding hydrogens is 198 g/mol. The first-order chi connectivity index (χ1) is 7.22. The molecule has 0 amide bonds. The molecule has 0 unspecified atom stereocenters. The van der Waals surface area contributed by atoms with Gasteiger partial charge in [-0.15, -0.1) is 0 Å². The second kappa shape index (κ2) is 3.84. The van der Waals surface area contributed by atoms with Gasteiger partial charge in [-0.05, 0) is 13.0 Å². The second-order valence-corrected chi connectivity index (χ2v) is 3.10. The zero-order chi connectivity index (χ0) is 10.8. The number of nitrogens with zero attached hydrogens (tertiary/aromatic N) is 2. The number of aliphatic hydroxyl groups is 1. The Bertz CT molecular complexity index is 449. The SMILES string of the molecule is Cc1occc1-c1noc([C@@H](O)CN)n1. The number of aryl methyl sites for hydroxylation is 1. The molecule has 0 aliphatic heterocycles. The van der Waals surface area contributed by atoms with Gasteiger partial charge in [-0.2, -0.15) is 4.98 Å². The molecule has 2 heterocycles. The fraction of sp³-hybridized carbons (Fsp3) is 0.333. The second-order valence-electron chi connectivity index (χ2n) is 3.10. The summed E-state index contributed by atoms with van der Waals surface area (Å²) in [6.07, 6.45) is 0.624. The average molecular weight is 209 g/mol. The third kappa shape index (κ3) is 1.77. The summed E-state index contributed by atoms with van der Waals surface area (Å²) in [5.74, 6) is 1.21. The molecule has 2 rings (SSSR count). The van der Waals surface area contributed by atoms with Crippen LogP contribution >= 0.6 is 0 Å². The lowest BCUT2D eigenvalue weighted by Gasteiger charge is -1.97. The minimum Gasteiger partial charge on any atom is -0.469 e. The quantitative estimate of drug-likeness (QED) is 0.769. The van der Waals surface area contributed by atoms with Crippen LogP contribution in [0.1, 0.15) is 17.8 Å². The molecule has 3 N–H and O–H groups in total. The van der Waals surface area contributed by atoms with Gasteiger partial charge in [-0.1, -0.05) is 5.16 Å². The number of hydrogen-bond donors (Lipinski definition) is 2. The van der Waals surface area contributed by atoms with Crippen molar-refractivity contribution in [2.75, 3.05) is 6.54 Å². The zero-order valence-electron chi connectivity index (χ0n) is 8.17. The lowest BCUT2D eigenvalue weighted by molar-refractivity contribution is 0.141. The summed E-state index contributed by atoms with van der Waals surface area (Å²) < 4.78 is 9.97. The summed E-state index contributed by atoms with van der Waals surface area (Å²) >= 11 is 0. The highest BCUT2D eigenvalue weighted by Crippen LogP contribution is 2.22. The molecular formula is C9H11N3O3. The maximum atomic E-state index is 9.36. The Kier molecular flexibility index (Phi) is 2.53. The third-order valence-electron chi connectivity index (χ3n) is 2.05. The van der Waals surface area contributed by atoms with Crippen molar-refractivity contribution >= 4 is 0 Å². The number of furan rings is 1. The third-order valence-corrected chi connectivity index (χ3v) is 2.05. The molecule has 0 spiro atoms. The zero-order valence-corrected chi connectivity index (χ0v) is 8.17. The monoisotopic (exact) mass is 209 g/mol. The molecule has 6 nitrogen and oxygen atoms in total. The molecule has 0 aliphatic carbocycles. The van der Waals surface area contributed by atoms with Gasteiger partial charge in [0.2, 0.25) is 5.82 Å². The van der Waals surface area contributed by atoms with Crippen molar-refractivity contribution in [1.29, 1.82) is 0 Å². The lowest BCUT2D eigenvalue weighted by atomic mass is 10.2. The highest BCUT2D eigenvalue weighted by Gasteiger charge is 2.17. The van der Waals surface area contributed by atoms with E-state index in [0.29, 0.717) is 11.6 Å². The summed E-state index contributed by atoms with van der Waals surface area (Å²) in [5, 5.41) is 13.1. The Labute approximate surface area is 85.7 Å². The fourth-order valence-electron chi connectivity index (χ4n) is 1.20. The van der Waals surface area contributed by atoms with Crippen molar-refractivity contribution in [2.24, 2.45) is 5.73 Å². The molecule has 15 heavy (non-hydrogen) atoms. The fourth-order valence-corrected chi connectivity index (χ4v) is 1.20. The molecule has 0 fully saturated rings. The van der Waals surface area contributed by atoms with Gasteiger partial charge in [-0.3, -0.25) is 0 Å². The summed E-state index contributed by atoms with van der Waals surface area (Å²) in [5.41, 5.74) is 6.01. The van der Waals surface area contributed by atoms with E-state index in [0.717, 1.165) is 5.56 Å². The van der Waals surface area contributed by atoms with E-state index in [9.17, 15) is 5.11 Å². The van der Waals surface area contributed by atoms with E-state index in [1.807, 2.05) is 0 Å². The molecule has 0 aromatic carbocycles. The molecule has 6 heteroatoms. The predicted molar refractivity (Wildman–Crippen MR) is 50.8 cm³/mol. The van der Waals surface area contributed by atoms with E-state index >= 15 is 0 Å². The largest absolute Gasteiger partial charge is 0.469 e. The number of nitrogens with two attached hydrogens (primary N) is 1. The molecule has 80 valence electrons. The number of rotatable bonds is 3. The first-order valence-electron chi connectivity index (χ1n) is 4.48. The van der Waals surface area contributed by atoms with Crippen molar-refractivity contribution in [3.8, 4) is 11.4 Å². The average Bonchev–Trinajstić information content (AvgIpc) is 2.84. The van der Waals surface area contributed by atoms with Gasteiger partial charge < -0.3 is 19.8 Å². The summed E-state index contributed by atoms with van der Waals surface area (Å²) in [6, 6.07) is 1.73. The highest BCUT2D eigenvalue weighted by molar-refractivity contribution is 5.56. The topological polar surface area (TPSA) is 98.3 Å². The van der Waals surface area contributed by atoms with Crippen LogP contribution in [-0.2, 0) is 0 Å². The Morgan fingerprint density at radius 3 is 3.00 bits per heavy atom. The first-order valence-corrected chi connectivity index (χ1v) is 4.48. The van der Waals surface area contributed by atoms with Crippen molar-refractivity contribution in [3.05, 3.63) is 24.0 Å². The van der Waals surface area contributed by atoms with Crippen molar-refractivity contribution in [1.82, 2.24) is 10.1 Å². The Morgan fingerprint density at radius 1 is 1.60 bits per heavy atom. The number of aromatic nitrogens is 2. The van der Waals surface area contributed by atoms with Crippen LogP contribution in [0.5, 0.6) is 0 Å². The first kappa shape index (κ1) is 9.88. The number of aliphatic hydroxyl groups excluding tert-OH is 1. The van der Waals surface area contributed by atoms with Crippen LogP contribution in [0.2, 0.25) is 0 Å². The Morgan fingerprint density at radius 2 is 2.40 bits per heavy atom. The Balaban J connectivity index is 2.32. The van der Waals surface area contributed by atoms with Gasteiger partial charge in [0, 0.05) is 6.54 Å². The summed E-state index contributed by atoms with van der Waals surface area (Å²) in [6.45, 7) is 1.84. The van der Waals surface area contributed by atoms with E-state index in [-0.39, 0.29) is 12.4 Å². The molecule has 0 saturated carbocycles. The van der Waals surface area contributed by atoms with E-state index < -0.39 is 6.10 Å². The normalized spacial score (nSPS) is 13.0. The predicted octanol–water partition coefficient (Wildman–Crippen LogP) is 0.630. The van der Waals surface area contributed by atoms with Gasteiger partial charge in [-0.25, -0.2) is 0 Å². The van der Waals surface area contributed by atoms with Gasteiger partial charge in [0.25, 0.3) is 5.89 Å². The molecule has 0 saturated heterocycles. The molecule has 1 atom stereocenters. The lowest BCUT2D eigenvalue weighted by Crippen LogP contribution is -2.11. The minimum absolute atomic E-state index is 0.0476. The Hall–Kier alpha value is -1.66. The maximum Gasteiger partial charge on any atom is 0.257 e. The van der Waals surface area contributed by atoms with E-state index in [1.165, 1.54) is 0 Å². The molecule has 2 aromatic rings. The van der Waals surface area contributed by atoms with Crippen molar-refractivity contribution in [2.45, 2.75) is 13.0 Å². The van der Waals surface area contributed by atoms with Gasteiger partial charge >= 0.3 is 0 Å². The molecule has 0 radical (unpaired) electrons. The van der Waals surface area contributed by atoms with E-state index in [2.05, 4.69) is 10.1 Å². The van der Waals surface area contributed by atoms with Crippen LogP contribution < -0.4 is 5.73 Å². The van der Waals surface area contributed by atoms with Crippen LogP contribution in [0.3, 0.4) is 0 Å². The van der Waals surface area contributed by atoms with Gasteiger partial charge in [0.15, 0.2) is 0 Å². The standard InChI is InChI=1S/C9H11N3O3/c1-5-6(2-3-14-5)8-11-9(15-12-8)7(13)4-10/h2-3,7,13H,4,10H2,1H3/t7-/m0/s1. The van der Waals surface area contributed by atoms with E-state index in [1.54, 1.807) is 19.3 Å². The summed E-state index contributed by atoms with van der Waals surface area (Å²) in [4.78, 5) is 4.02. The van der Waals surface area contributed by atoms with Gasteiger partial charge in [0.05, 0.1) is 11.8 Å². The van der Waals surface area contributed by atoms with E-state index in [4.69, 9.17) is 14.7 Å².